The third-order valence-corrected chi connectivity index (χ3v) is 8.52. The topological polar surface area (TPSA) is 202 Å². The molecule has 0 spiro atoms. The molecule has 1 fully saturated rings. The molecule has 2 unspecified atom stereocenters. The van der Waals surface area contributed by atoms with E-state index in [0.717, 1.165) is 22.3 Å². The molecule has 4 rings (SSSR count). The van der Waals surface area contributed by atoms with Crippen LogP contribution in [0.4, 0.5) is 9.59 Å². The first-order chi connectivity index (χ1) is 26.6. The Morgan fingerprint density at radius 2 is 1.36 bits per heavy atom. The summed E-state index contributed by atoms with van der Waals surface area (Å²) in [6, 6.07) is 18.8. The fraction of sp³-hybridized carbons (Fsp3) is 0.341. The van der Waals surface area contributed by atoms with Gasteiger partial charge in [-0.15, -0.1) is 0 Å². The summed E-state index contributed by atoms with van der Waals surface area (Å²) in [4.78, 5) is 63.9. The summed E-state index contributed by atoms with van der Waals surface area (Å²) >= 11 is 0. The van der Waals surface area contributed by atoms with E-state index in [1.807, 2.05) is 48.5 Å². The van der Waals surface area contributed by atoms with Crippen LogP contribution in [0.3, 0.4) is 0 Å². The van der Waals surface area contributed by atoms with Crippen molar-refractivity contribution in [2.24, 2.45) is 11.5 Å². The van der Waals surface area contributed by atoms with E-state index >= 15 is 0 Å². The Bertz CT molecular complexity index is 1980. The molecule has 0 bridgehead atoms. The molecule has 2 atom stereocenters. The zero-order chi connectivity index (χ0) is 39.6. The Balaban J connectivity index is 1.30. The van der Waals surface area contributed by atoms with Crippen molar-refractivity contribution in [3.8, 4) is 23.7 Å². The van der Waals surface area contributed by atoms with E-state index in [4.69, 9.17) is 30.4 Å². The number of likely N-dealkylation sites (tertiary alicyclic amines) is 1. The molecule has 14 nitrogen and oxygen atoms in total. The van der Waals surface area contributed by atoms with Crippen LogP contribution in [0.1, 0.15) is 51.8 Å². The van der Waals surface area contributed by atoms with Crippen molar-refractivity contribution in [2.45, 2.75) is 57.4 Å². The van der Waals surface area contributed by atoms with Crippen molar-refractivity contribution in [3.05, 3.63) is 106 Å². The largest absolute Gasteiger partial charge is 0.469 e. The maximum atomic E-state index is 13.2. The van der Waals surface area contributed by atoms with Gasteiger partial charge in [0.15, 0.2) is 13.2 Å². The van der Waals surface area contributed by atoms with Gasteiger partial charge in [0.1, 0.15) is 6.04 Å². The highest BCUT2D eigenvalue weighted by Gasteiger charge is 2.40. The van der Waals surface area contributed by atoms with E-state index in [2.05, 4.69) is 34.3 Å². The Hall–Kier alpha value is -6.35. The van der Waals surface area contributed by atoms with E-state index in [-0.39, 0.29) is 51.5 Å². The Morgan fingerprint density at radius 3 is 1.98 bits per heavy atom. The second-order valence-electron chi connectivity index (χ2n) is 12.5. The van der Waals surface area contributed by atoms with Crippen molar-refractivity contribution < 1.29 is 42.9 Å². The minimum absolute atomic E-state index is 0.0290. The molecular weight excluding hydrogens is 706 g/mol. The standard InChI is InChI=1S/C41H45N5O9/c1-52-38(48)22-34-19-29(11-5-15-54-40(50)44-26-33-10-4-9-32(21-33)25-43)18-30(20-34)12-6-16-55-41(51)45-35-23-36(39(49)53-2)46(27-35)37(47)14-13-28-7-3-8-31(17-28)24-42/h3-4,7-10,17-21,35-36H,13-16,22-27,42-43H2,1-2H3,(H,44,50)(H,45,51). The van der Waals surface area contributed by atoms with Crippen LogP contribution in [-0.4, -0.2) is 81.0 Å². The summed E-state index contributed by atoms with van der Waals surface area (Å²) in [5.74, 6) is 10.1. The number of aryl methyl sites for hydroxylation is 1. The predicted molar refractivity (Wildman–Crippen MR) is 201 cm³/mol. The molecule has 0 saturated carbocycles. The normalized spacial score (nSPS) is 14.3. The van der Waals surface area contributed by atoms with Gasteiger partial charge in [0.2, 0.25) is 5.91 Å². The highest BCUT2D eigenvalue weighted by molar-refractivity contribution is 5.85. The van der Waals surface area contributed by atoms with Gasteiger partial charge in [-0.05, 0) is 52.4 Å². The molecule has 3 aromatic rings. The average molecular weight is 752 g/mol. The van der Waals surface area contributed by atoms with Gasteiger partial charge < -0.3 is 45.9 Å². The number of amides is 3. The van der Waals surface area contributed by atoms with Crippen molar-refractivity contribution in [1.82, 2.24) is 15.5 Å². The first-order valence-corrected chi connectivity index (χ1v) is 17.6. The van der Waals surface area contributed by atoms with E-state index in [1.165, 1.54) is 19.1 Å². The first kappa shape index (κ1) is 41.4. The second-order valence-corrected chi connectivity index (χ2v) is 12.5. The van der Waals surface area contributed by atoms with Crippen LogP contribution in [0, 0.1) is 23.7 Å². The summed E-state index contributed by atoms with van der Waals surface area (Å²) in [5, 5.41) is 5.37. The van der Waals surface area contributed by atoms with Gasteiger partial charge in [-0.25, -0.2) is 14.4 Å². The van der Waals surface area contributed by atoms with Gasteiger partial charge >= 0.3 is 24.1 Å². The van der Waals surface area contributed by atoms with E-state index in [1.54, 1.807) is 18.2 Å². The number of nitrogens with one attached hydrogen (secondary N) is 2. The van der Waals surface area contributed by atoms with Crippen molar-refractivity contribution in [1.29, 1.82) is 0 Å². The quantitative estimate of drug-likeness (QED) is 0.114. The van der Waals surface area contributed by atoms with Crippen molar-refractivity contribution in [3.63, 3.8) is 0 Å². The maximum absolute atomic E-state index is 13.2. The van der Waals surface area contributed by atoms with E-state index in [9.17, 15) is 24.0 Å². The number of alkyl carbamates (subject to hydrolysis) is 2. The van der Waals surface area contributed by atoms with Gasteiger partial charge in [0, 0.05) is 50.1 Å². The Morgan fingerprint density at radius 1 is 0.764 bits per heavy atom. The van der Waals surface area contributed by atoms with Crippen LogP contribution in [0.5, 0.6) is 0 Å². The van der Waals surface area contributed by atoms with Crippen LogP contribution in [0.25, 0.3) is 0 Å². The fourth-order valence-electron chi connectivity index (χ4n) is 5.84. The number of nitrogens with zero attached hydrogens (tertiary/aromatic N) is 1. The number of rotatable bonds is 13. The van der Waals surface area contributed by atoms with Crippen LogP contribution < -0.4 is 22.1 Å². The predicted octanol–water partition coefficient (Wildman–Crippen LogP) is 2.45. The highest BCUT2D eigenvalue weighted by Crippen LogP contribution is 2.21. The van der Waals surface area contributed by atoms with Gasteiger partial charge in [-0.2, -0.15) is 0 Å². The number of carbonyl (C=O) groups excluding carboxylic acids is 5. The summed E-state index contributed by atoms with van der Waals surface area (Å²) in [7, 11) is 2.53. The summed E-state index contributed by atoms with van der Waals surface area (Å²) in [6.45, 7) is 0.709. The minimum Gasteiger partial charge on any atom is -0.469 e. The molecule has 3 amide bonds. The lowest BCUT2D eigenvalue weighted by molar-refractivity contribution is -0.150. The fourth-order valence-corrected chi connectivity index (χ4v) is 5.84. The molecule has 1 saturated heterocycles. The smallest absolute Gasteiger partial charge is 0.408 e. The molecule has 55 heavy (non-hydrogen) atoms. The lowest BCUT2D eigenvalue weighted by Crippen LogP contribution is -2.42. The van der Waals surface area contributed by atoms with Gasteiger partial charge in [0.05, 0.1) is 26.7 Å². The number of benzene rings is 3. The minimum atomic E-state index is -0.846. The number of carbonyl (C=O) groups is 5. The van der Waals surface area contributed by atoms with Crippen LogP contribution in [-0.2, 0) is 65.8 Å². The molecule has 0 radical (unpaired) electrons. The van der Waals surface area contributed by atoms with Gasteiger partial charge in [-0.1, -0.05) is 72.2 Å². The highest BCUT2D eigenvalue weighted by atomic mass is 16.6. The van der Waals surface area contributed by atoms with Crippen LogP contribution in [0.15, 0.2) is 66.7 Å². The third kappa shape index (κ3) is 13.5. The number of esters is 2. The number of hydrogen-bond donors (Lipinski definition) is 4. The molecule has 1 aliphatic rings. The molecule has 3 aromatic carbocycles. The summed E-state index contributed by atoms with van der Waals surface area (Å²) in [6.07, 6.45) is -0.633. The SMILES string of the molecule is COC(=O)Cc1cc(C#CCOC(=O)NCc2cccc(CN)c2)cc(C#CCOC(=O)NC2CC(C(=O)OC)N(C(=O)CCc3cccc(CN)c3)C2)c1. The van der Waals surface area contributed by atoms with E-state index in [0.29, 0.717) is 36.2 Å². The Labute approximate surface area is 320 Å². The van der Waals surface area contributed by atoms with Crippen LogP contribution in [0.2, 0.25) is 0 Å². The third-order valence-electron chi connectivity index (χ3n) is 8.52. The number of ether oxygens (including phenoxy) is 4. The molecule has 14 heteroatoms. The molecule has 0 aromatic heterocycles. The first-order valence-electron chi connectivity index (χ1n) is 17.6. The Kier molecular flexibility index (Phi) is 16.1. The number of methoxy groups -OCH3 is 2. The molecule has 1 aliphatic heterocycles. The second kappa shape index (κ2) is 21.4. The average Bonchev–Trinajstić information content (AvgIpc) is 3.62. The molecule has 1 heterocycles. The maximum Gasteiger partial charge on any atom is 0.408 e. The molecule has 6 N–H and O–H groups in total. The van der Waals surface area contributed by atoms with Gasteiger partial charge in [-0.3, -0.25) is 9.59 Å². The number of nitrogens with two attached hydrogens (primary N) is 2. The molecule has 288 valence electrons. The summed E-state index contributed by atoms with van der Waals surface area (Å²) in [5.41, 5.74) is 16.7. The lowest BCUT2D eigenvalue weighted by Gasteiger charge is -2.22. The lowest BCUT2D eigenvalue weighted by atomic mass is 10.0. The summed E-state index contributed by atoms with van der Waals surface area (Å²) < 4.78 is 20.1. The van der Waals surface area contributed by atoms with Gasteiger partial charge in [0.25, 0.3) is 0 Å². The zero-order valence-corrected chi connectivity index (χ0v) is 30.9. The van der Waals surface area contributed by atoms with Crippen molar-refractivity contribution in [2.75, 3.05) is 34.0 Å². The van der Waals surface area contributed by atoms with E-state index < -0.39 is 36.2 Å². The zero-order valence-electron chi connectivity index (χ0n) is 30.9. The monoisotopic (exact) mass is 751 g/mol. The van der Waals surface area contributed by atoms with Crippen LogP contribution >= 0.6 is 0 Å². The molecular formula is C41H45N5O9. The molecule has 0 aliphatic carbocycles. The number of hydrogen-bond acceptors (Lipinski definition) is 11. The van der Waals surface area contributed by atoms with Crippen molar-refractivity contribution >= 4 is 30.0 Å².